The molecule has 0 bridgehead atoms. The van der Waals surface area contributed by atoms with Crippen LogP contribution < -0.4 is 0 Å². The van der Waals surface area contributed by atoms with E-state index >= 15 is 0 Å². The molecular weight excluding hydrogens is 204 g/mol. The summed E-state index contributed by atoms with van der Waals surface area (Å²) < 4.78 is 0. The number of likely N-dealkylation sites (N-methyl/N-ethyl adjacent to an activating group) is 1. The molecular formula is C12H16N2O2. The van der Waals surface area contributed by atoms with Crippen LogP contribution in [0.15, 0.2) is 23.2 Å². The van der Waals surface area contributed by atoms with Crippen LogP contribution in [0.25, 0.3) is 0 Å². The molecule has 4 nitrogen and oxygen atoms in total. The molecule has 1 aromatic carbocycles. The molecule has 0 aromatic heterocycles. The van der Waals surface area contributed by atoms with Crippen LogP contribution in [0.5, 0.6) is 5.75 Å². The Labute approximate surface area is 95.2 Å². The van der Waals surface area contributed by atoms with Crippen molar-refractivity contribution in [1.29, 1.82) is 0 Å². The fourth-order valence-electron chi connectivity index (χ4n) is 1.39. The molecule has 0 spiro atoms. The highest BCUT2D eigenvalue weighted by atomic mass is 16.3. The number of phenols is 1. The van der Waals surface area contributed by atoms with Crippen LogP contribution in [-0.2, 0) is 17.8 Å². The molecule has 0 aliphatic heterocycles. The second-order valence-electron chi connectivity index (χ2n) is 3.92. The molecule has 86 valence electrons. The van der Waals surface area contributed by atoms with Crippen molar-refractivity contribution < 1.29 is 9.90 Å². The van der Waals surface area contributed by atoms with Gasteiger partial charge in [0.05, 0.1) is 6.54 Å². The van der Waals surface area contributed by atoms with Crippen molar-refractivity contribution in [3.8, 4) is 5.75 Å². The van der Waals surface area contributed by atoms with Gasteiger partial charge in [0.2, 0.25) is 6.08 Å². The van der Waals surface area contributed by atoms with Crippen molar-refractivity contribution in [2.45, 2.75) is 13.0 Å². The molecule has 0 radical (unpaired) electrons. The molecule has 0 saturated carbocycles. The maximum absolute atomic E-state index is 10.0. The lowest BCUT2D eigenvalue weighted by Crippen LogP contribution is -2.15. The third-order valence-corrected chi connectivity index (χ3v) is 2.31. The Morgan fingerprint density at radius 1 is 1.44 bits per heavy atom. The minimum Gasteiger partial charge on any atom is -0.508 e. The number of aromatic hydroxyl groups is 1. The van der Waals surface area contributed by atoms with E-state index < -0.39 is 0 Å². The molecule has 0 atom stereocenters. The second-order valence-corrected chi connectivity index (χ2v) is 3.92. The van der Waals surface area contributed by atoms with Gasteiger partial charge in [-0.15, -0.1) is 0 Å². The minimum absolute atomic E-state index is 0.174. The van der Waals surface area contributed by atoms with Gasteiger partial charge in [0.15, 0.2) is 0 Å². The van der Waals surface area contributed by atoms with Gasteiger partial charge in [-0.3, -0.25) is 0 Å². The van der Waals surface area contributed by atoms with Crippen molar-refractivity contribution in [1.82, 2.24) is 4.90 Å². The van der Waals surface area contributed by atoms with Crippen molar-refractivity contribution in [3.63, 3.8) is 0 Å². The van der Waals surface area contributed by atoms with E-state index in [0.29, 0.717) is 5.56 Å². The van der Waals surface area contributed by atoms with Gasteiger partial charge in [-0.05, 0) is 32.1 Å². The van der Waals surface area contributed by atoms with Gasteiger partial charge in [-0.25, -0.2) is 9.79 Å². The number of hydrogen-bond donors (Lipinski definition) is 1. The highest BCUT2D eigenvalue weighted by Crippen LogP contribution is 2.19. The monoisotopic (exact) mass is 220 g/mol. The lowest BCUT2D eigenvalue weighted by atomic mass is 10.1. The Morgan fingerprint density at radius 3 is 2.81 bits per heavy atom. The summed E-state index contributed by atoms with van der Waals surface area (Å²) in [6, 6.07) is 5.40. The number of benzene rings is 1. The highest BCUT2D eigenvalue weighted by Gasteiger charge is 2.02. The van der Waals surface area contributed by atoms with E-state index in [0.717, 1.165) is 18.5 Å². The Hall–Kier alpha value is -1.64. The Bertz CT molecular complexity index is 396. The van der Waals surface area contributed by atoms with Gasteiger partial charge < -0.3 is 10.0 Å². The molecule has 4 heteroatoms. The summed E-state index contributed by atoms with van der Waals surface area (Å²) in [5, 5.41) is 9.54. The molecule has 0 unspecified atom stereocenters. The number of aliphatic imine (C=N–C) groups is 1. The number of hydrogen-bond acceptors (Lipinski definition) is 4. The van der Waals surface area contributed by atoms with Crippen molar-refractivity contribution in [2.24, 2.45) is 4.99 Å². The van der Waals surface area contributed by atoms with Gasteiger partial charge in [0, 0.05) is 12.1 Å². The van der Waals surface area contributed by atoms with Gasteiger partial charge in [-0.2, -0.15) is 0 Å². The minimum atomic E-state index is 0.174. The number of carbonyl (C=O) groups excluding carboxylic acids is 1. The summed E-state index contributed by atoms with van der Waals surface area (Å²) in [5.41, 5.74) is 1.79. The molecule has 0 aliphatic rings. The quantitative estimate of drug-likeness (QED) is 0.601. The molecule has 1 N–H and O–H groups in total. The Morgan fingerprint density at radius 2 is 2.19 bits per heavy atom. The van der Waals surface area contributed by atoms with E-state index in [1.165, 1.54) is 6.08 Å². The first-order chi connectivity index (χ1) is 7.63. The predicted molar refractivity (Wildman–Crippen MR) is 62.2 cm³/mol. The third kappa shape index (κ3) is 3.85. The largest absolute Gasteiger partial charge is 0.508 e. The molecule has 16 heavy (non-hydrogen) atoms. The molecule has 0 amide bonds. The summed E-state index contributed by atoms with van der Waals surface area (Å²) in [5.74, 6) is 0.174. The van der Waals surface area contributed by atoms with Gasteiger partial charge in [0.25, 0.3) is 0 Å². The molecule has 0 fully saturated rings. The van der Waals surface area contributed by atoms with Gasteiger partial charge >= 0.3 is 0 Å². The molecule has 1 aromatic rings. The number of isocyanates is 1. The summed E-state index contributed by atoms with van der Waals surface area (Å²) in [6.45, 7) is 1.13. The number of phenolic OH excluding ortho intramolecular Hbond substituents is 1. The smallest absolute Gasteiger partial charge is 0.235 e. The lowest BCUT2D eigenvalue weighted by molar-refractivity contribution is 0.413. The first-order valence-corrected chi connectivity index (χ1v) is 5.12. The van der Waals surface area contributed by atoms with Crippen LogP contribution in [0, 0.1) is 0 Å². The maximum atomic E-state index is 10.0. The van der Waals surface area contributed by atoms with Crippen LogP contribution in [0.1, 0.15) is 11.1 Å². The van der Waals surface area contributed by atoms with Crippen LogP contribution in [0.3, 0.4) is 0 Å². The average molecular weight is 220 g/mol. The SMILES string of the molecule is CN(C)CCc1ccc(O)c(CN=C=O)c1. The van der Waals surface area contributed by atoms with E-state index in [-0.39, 0.29) is 12.3 Å². The third-order valence-electron chi connectivity index (χ3n) is 2.31. The van der Waals surface area contributed by atoms with Crippen molar-refractivity contribution >= 4 is 6.08 Å². The van der Waals surface area contributed by atoms with E-state index in [9.17, 15) is 9.90 Å². The van der Waals surface area contributed by atoms with E-state index in [1.54, 1.807) is 6.07 Å². The van der Waals surface area contributed by atoms with Crippen molar-refractivity contribution in [2.75, 3.05) is 20.6 Å². The topological polar surface area (TPSA) is 52.9 Å². The van der Waals surface area contributed by atoms with Crippen LogP contribution in [0.4, 0.5) is 0 Å². The van der Waals surface area contributed by atoms with Gasteiger partial charge in [-0.1, -0.05) is 12.1 Å². The average Bonchev–Trinajstić information content (AvgIpc) is 2.26. The molecule has 0 heterocycles. The summed E-state index contributed by atoms with van der Waals surface area (Å²) in [4.78, 5) is 15.6. The molecule has 1 rings (SSSR count). The van der Waals surface area contributed by atoms with Crippen LogP contribution in [0.2, 0.25) is 0 Å². The summed E-state index contributed by atoms with van der Waals surface area (Å²) in [6.07, 6.45) is 2.38. The van der Waals surface area contributed by atoms with E-state index in [1.807, 2.05) is 26.2 Å². The Kier molecular flexibility index (Phi) is 4.70. The molecule has 0 aliphatic carbocycles. The van der Waals surface area contributed by atoms with Crippen LogP contribution in [-0.4, -0.2) is 36.7 Å². The van der Waals surface area contributed by atoms with Crippen molar-refractivity contribution in [3.05, 3.63) is 29.3 Å². The summed E-state index contributed by atoms with van der Waals surface area (Å²) >= 11 is 0. The summed E-state index contributed by atoms with van der Waals surface area (Å²) in [7, 11) is 4.02. The van der Waals surface area contributed by atoms with E-state index in [4.69, 9.17) is 0 Å². The predicted octanol–water partition coefficient (Wildman–Crippen LogP) is 1.33. The maximum Gasteiger partial charge on any atom is 0.235 e. The lowest BCUT2D eigenvalue weighted by Gasteiger charge is -2.10. The van der Waals surface area contributed by atoms with Gasteiger partial charge in [0.1, 0.15) is 5.75 Å². The zero-order chi connectivity index (χ0) is 12.0. The molecule has 0 saturated heterocycles. The standard InChI is InChI=1S/C12H16N2O2/c1-14(2)6-5-10-3-4-12(16)11(7-10)8-13-9-15/h3-4,7,16H,5-6,8H2,1-2H3. The zero-order valence-corrected chi connectivity index (χ0v) is 9.60. The normalized spacial score (nSPS) is 10.2. The fraction of sp³-hybridized carbons (Fsp3) is 0.417. The number of nitrogens with zero attached hydrogens (tertiary/aromatic N) is 2. The fourth-order valence-corrected chi connectivity index (χ4v) is 1.39. The first kappa shape index (κ1) is 12.4. The highest BCUT2D eigenvalue weighted by molar-refractivity contribution is 5.39. The van der Waals surface area contributed by atoms with Crippen LogP contribution >= 0.6 is 0 Å². The zero-order valence-electron chi connectivity index (χ0n) is 9.60. The van der Waals surface area contributed by atoms with E-state index in [2.05, 4.69) is 9.89 Å². The Balaban J connectivity index is 2.76. The number of rotatable bonds is 5. The second kappa shape index (κ2) is 6.05. The first-order valence-electron chi connectivity index (χ1n) is 5.12.